The van der Waals surface area contributed by atoms with Crippen LogP contribution >= 0.6 is 0 Å². The summed E-state index contributed by atoms with van der Waals surface area (Å²) >= 11 is 0. The number of allylic oxidation sites excluding steroid dienone is 2. The van der Waals surface area contributed by atoms with Crippen LogP contribution < -0.4 is 0 Å². The molecule has 0 unspecified atom stereocenters. The lowest BCUT2D eigenvalue weighted by Gasteiger charge is -2.58. The van der Waals surface area contributed by atoms with E-state index in [1.165, 1.54) is 19.4 Å². The molecule has 28 heavy (non-hydrogen) atoms. The molecular weight excluding hydrogens is 356 g/mol. The van der Waals surface area contributed by atoms with E-state index in [1.807, 2.05) is 0 Å². The third-order valence-corrected chi connectivity index (χ3v) is 8.30. The number of carbonyl (C=O) groups excluding carboxylic acids is 3. The Bertz CT molecular complexity index is 736. The minimum absolute atomic E-state index is 0.0267. The van der Waals surface area contributed by atoms with Crippen molar-refractivity contribution in [1.82, 2.24) is 0 Å². The Kier molecular flexibility index (Phi) is 4.51. The Hall–Kier alpha value is -1.65. The topological polar surface area (TPSA) is 69.7 Å². The van der Waals surface area contributed by atoms with Crippen molar-refractivity contribution in [2.45, 2.75) is 84.8 Å². The molecule has 0 aromatic carbocycles. The second-order valence-corrected chi connectivity index (χ2v) is 9.98. The zero-order chi connectivity index (χ0) is 20.3. The van der Waals surface area contributed by atoms with Crippen molar-refractivity contribution < 1.29 is 23.9 Å². The van der Waals surface area contributed by atoms with Crippen LogP contribution in [0.5, 0.6) is 0 Å². The van der Waals surface area contributed by atoms with Crippen LogP contribution in [-0.4, -0.2) is 23.5 Å². The van der Waals surface area contributed by atoms with Gasteiger partial charge in [-0.3, -0.25) is 14.4 Å². The second-order valence-electron chi connectivity index (χ2n) is 9.98. The maximum Gasteiger partial charge on any atom is 0.305 e. The number of hydrogen-bond acceptors (Lipinski definition) is 5. The minimum Gasteiger partial charge on any atom is -0.422 e. The van der Waals surface area contributed by atoms with Crippen LogP contribution in [0.15, 0.2) is 11.6 Å². The Morgan fingerprint density at radius 2 is 1.71 bits per heavy atom. The van der Waals surface area contributed by atoms with E-state index < -0.39 is 17.7 Å². The summed E-state index contributed by atoms with van der Waals surface area (Å²) in [5.41, 5.74) is 1.17. The molecule has 5 nitrogen and oxygen atoms in total. The summed E-state index contributed by atoms with van der Waals surface area (Å²) in [5.74, 6) is -2.25. The Morgan fingerprint density at radius 1 is 1.04 bits per heavy atom. The van der Waals surface area contributed by atoms with Crippen LogP contribution in [0.1, 0.15) is 79.1 Å². The minimum atomic E-state index is -1.31. The molecule has 0 radical (unpaired) electrons. The maximum atomic E-state index is 13.4. The number of carbonyl (C=O) groups is 3. The molecule has 0 saturated heterocycles. The highest BCUT2D eigenvalue weighted by Gasteiger charge is 2.68. The quantitative estimate of drug-likeness (QED) is 0.400. The van der Waals surface area contributed by atoms with E-state index in [0.717, 1.165) is 38.5 Å². The number of fused-ring (bicyclic) bond motifs is 5. The maximum absolute atomic E-state index is 13.4. The summed E-state index contributed by atoms with van der Waals surface area (Å²) < 4.78 is 11.5. The number of ketones is 1. The molecular formula is C23H32O5. The first-order valence-corrected chi connectivity index (χ1v) is 10.7. The molecule has 0 aromatic heterocycles. The monoisotopic (exact) mass is 388 g/mol. The Balaban J connectivity index is 1.81. The lowest BCUT2D eigenvalue weighted by molar-refractivity contribution is -0.259. The number of esters is 2. The van der Waals surface area contributed by atoms with Crippen LogP contribution in [0.4, 0.5) is 0 Å². The number of Topliss-reactive ketones (excluding diaryl/α,β-unsaturated/α-hetero) is 1. The standard InChI is InChI=1S/C23H32O5/c1-14(24)27-23(28-15(2)25)12-11-21(3)10-8-17-19(20(21)23)18(26)13-16-7-5-6-9-22(16,17)4/h7,17,19-20H,5-6,8-13H2,1-4H3/t17-,19-,20-,21+,22-/m0/s1. The second kappa shape index (κ2) is 6.43. The molecule has 4 rings (SSSR count). The fourth-order valence-corrected chi connectivity index (χ4v) is 7.19. The predicted octanol–water partition coefficient (Wildman–Crippen LogP) is 4.34. The van der Waals surface area contributed by atoms with E-state index in [0.29, 0.717) is 12.8 Å². The van der Waals surface area contributed by atoms with Crippen molar-refractivity contribution in [3.63, 3.8) is 0 Å². The lowest BCUT2D eigenvalue weighted by Crippen LogP contribution is -2.59. The third-order valence-electron chi connectivity index (χ3n) is 8.30. The molecule has 3 saturated carbocycles. The summed E-state index contributed by atoms with van der Waals surface area (Å²) in [6.07, 6.45) is 9.33. The molecule has 4 aliphatic carbocycles. The molecule has 0 heterocycles. The molecule has 5 atom stereocenters. The highest BCUT2D eigenvalue weighted by atomic mass is 16.7. The first-order chi connectivity index (χ1) is 13.1. The van der Waals surface area contributed by atoms with E-state index in [1.54, 1.807) is 0 Å². The van der Waals surface area contributed by atoms with E-state index in [4.69, 9.17) is 9.47 Å². The van der Waals surface area contributed by atoms with Gasteiger partial charge in [-0.05, 0) is 55.3 Å². The molecule has 0 bridgehead atoms. The largest absolute Gasteiger partial charge is 0.422 e. The first-order valence-electron chi connectivity index (χ1n) is 10.7. The van der Waals surface area contributed by atoms with Crippen LogP contribution in [0, 0.1) is 28.6 Å². The van der Waals surface area contributed by atoms with Gasteiger partial charge in [0.15, 0.2) is 0 Å². The van der Waals surface area contributed by atoms with Gasteiger partial charge >= 0.3 is 11.9 Å². The predicted molar refractivity (Wildman–Crippen MR) is 103 cm³/mol. The van der Waals surface area contributed by atoms with Crippen molar-refractivity contribution in [2.75, 3.05) is 0 Å². The van der Waals surface area contributed by atoms with Gasteiger partial charge in [-0.2, -0.15) is 0 Å². The van der Waals surface area contributed by atoms with Gasteiger partial charge in [0.1, 0.15) is 5.78 Å². The molecule has 0 amide bonds. The van der Waals surface area contributed by atoms with Gasteiger partial charge in [-0.1, -0.05) is 25.5 Å². The average molecular weight is 389 g/mol. The number of ether oxygens (including phenoxy) is 2. The average Bonchev–Trinajstić information content (AvgIpc) is 2.87. The first kappa shape index (κ1) is 19.7. The Morgan fingerprint density at radius 3 is 2.36 bits per heavy atom. The molecule has 4 aliphatic rings. The molecule has 0 N–H and O–H groups in total. The summed E-state index contributed by atoms with van der Waals surface area (Å²) in [4.78, 5) is 37.4. The zero-order valence-electron chi connectivity index (χ0n) is 17.5. The molecule has 0 aliphatic heterocycles. The summed E-state index contributed by atoms with van der Waals surface area (Å²) in [5, 5.41) is 0. The smallest absolute Gasteiger partial charge is 0.305 e. The van der Waals surface area contributed by atoms with Crippen molar-refractivity contribution in [3.05, 3.63) is 11.6 Å². The van der Waals surface area contributed by atoms with Crippen molar-refractivity contribution in [3.8, 4) is 0 Å². The van der Waals surface area contributed by atoms with E-state index in [-0.39, 0.29) is 34.4 Å². The fraction of sp³-hybridized carbons (Fsp3) is 0.783. The highest BCUT2D eigenvalue weighted by molar-refractivity contribution is 5.86. The van der Waals surface area contributed by atoms with Gasteiger partial charge in [0.2, 0.25) is 0 Å². The molecule has 0 spiro atoms. The number of rotatable bonds is 2. The highest BCUT2D eigenvalue weighted by Crippen LogP contribution is 2.67. The summed E-state index contributed by atoms with van der Waals surface area (Å²) in [6, 6.07) is 0. The van der Waals surface area contributed by atoms with Gasteiger partial charge in [0.05, 0.1) is 5.92 Å². The van der Waals surface area contributed by atoms with Crippen molar-refractivity contribution >= 4 is 17.7 Å². The zero-order valence-corrected chi connectivity index (χ0v) is 17.5. The normalized spacial score (nSPS) is 41.2. The Labute approximate surface area is 167 Å². The van der Waals surface area contributed by atoms with Gasteiger partial charge in [0, 0.05) is 32.6 Å². The van der Waals surface area contributed by atoms with Gasteiger partial charge in [0.25, 0.3) is 5.79 Å². The SMILES string of the molecule is CC(=O)OC1(OC(C)=O)CC[C@@]2(C)CC[C@H]3[C@@H](C(=O)CC4=CCCC[C@@]43C)[C@H]12. The van der Waals surface area contributed by atoms with Crippen LogP contribution in [0.2, 0.25) is 0 Å². The summed E-state index contributed by atoms with van der Waals surface area (Å²) in [7, 11) is 0. The van der Waals surface area contributed by atoms with E-state index in [2.05, 4.69) is 19.9 Å². The van der Waals surface area contributed by atoms with Gasteiger partial charge in [-0.15, -0.1) is 0 Å². The van der Waals surface area contributed by atoms with Crippen LogP contribution in [-0.2, 0) is 23.9 Å². The fourth-order valence-electron chi connectivity index (χ4n) is 7.19. The molecule has 5 heteroatoms. The molecule has 0 aromatic rings. The van der Waals surface area contributed by atoms with Crippen molar-refractivity contribution in [1.29, 1.82) is 0 Å². The number of hydrogen-bond donors (Lipinski definition) is 0. The third kappa shape index (κ3) is 2.76. The molecule has 3 fully saturated rings. The van der Waals surface area contributed by atoms with E-state index >= 15 is 0 Å². The van der Waals surface area contributed by atoms with Gasteiger partial charge < -0.3 is 9.47 Å². The van der Waals surface area contributed by atoms with Crippen LogP contribution in [0.25, 0.3) is 0 Å². The summed E-state index contributed by atoms with van der Waals surface area (Å²) in [6.45, 7) is 7.21. The van der Waals surface area contributed by atoms with Crippen molar-refractivity contribution in [2.24, 2.45) is 28.6 Å². The van der Waals surface area contributed by atoms with Gasteiger partial charge in [-0.25, -0.2) is 0 Å². The van der Waals surface area contributed by atoms with Crippen LogP contribution in [0.3, 0.4) is 0 Å². The lowest BCUT2D eigenvalue weighted by atomic mass is 9.47. The van der Waals surface area contributed by atoms with E-state index in [9.17, 15) is 14.4 Å². The molecule has 154 valence electrons.